The molecule has 0 bridgehead atoms. The Morgan fingerprint density at radius 2 is 2.19 bits per heavy atom. The number of benzene rings is 1. The van der Waals surface area contributed by atoms with E-state index in [0.29, 0.717) is 6.54 Å². The molecule has 16 heavy (non-hydrogen) atoms. The minimum atomic E-state index is -0.240. The summed E-state index contributed by atoms with van der Waals surface area (Å²) in [4.78, 5) is 1.10. The summed E-state index contributed by atoms with van der Waals surface area (Å²) in [6.07, 6.45) is 0. The molecule has 5 heteroatoms. The van der Waals surface area contributed by atoms with Gasteiger partial charge in [-0.05, 0) is 40.2 Å². The lowest BCUT2D eigenvalue weighted by molar-refractivity contribution is 0.628. The van der Waals surface area contributed by atoms with Crippen molar-refractivity contribution in [2.45, 2.75) is 6.54 Å². The molecular weight excluding hydrogens is 313 g/mol. The first kappa shape index (κ1) is 11.9. The standard InChI is InChI=1S/C11H8BrClFNS/c12-10-5-9(16-11(10)13)6-15-8-3-1-2-7(14)4-8/h1-5,15H,6H2. The van der Waals surface area contributed by atoms with Crippen LogP contribution >= 0.6 is 38.9 Å². The third kappa shape index (κ3) is 2.97. The first-order valence-electron chi connectivity index (χ1n) is 4.58. The molecule has 0 aliphatic heterocycles. The van der Waals surface area contributed by atoms with Gasteiger partial charge in [0.25, 0.3) is 0 Å². The summed E-state index contributed by atoms with van der Waals surface area (Å²) in [6.45, 7) is 0.638. The van der Waals surface area contributed by atoms with Crippen molar-refractivity contribution in [2.24, 2.45) is 0 Å². The number of rotatable bonds is 3. The number of halogens is 3. The molecule has 0 radical (unpaired) electrons. The van der Waals surface area contributed by atoms with Crippen molar-refractivity contribution >= 4 is 44.6 Å². The Morgan fingerprint density at radius 3 is 2.81 bits per heavy atom. The normalized spacial score (nSPS) is 10.4. The molecule has 1 N–H and O–H groups in total. The van der Waals surface area contributed by atoms with Gasteiger partial charge in [0.05, 0.1) is 0 Å². The number of nitrogens with one attached hydrogen (secondary N) is 1. The van der Waals surface area contributed by atoms with E-state index < -0.39 is 0 Å². The first-order chi connectivity index (χ1) is 7.65. The highest BCUT2D eigenvalue weighted by molar-refractivity contribution is 9.10. The van der Waals surface area contributed by atoms with Gasteiger partial charge in [-0.15, -0.1) is 11.3 Å². The summed E-state index contributed by atoms with van der Waals surface area (Å²) in [7, 11) is 0. The second-order valence-electron chi connectivity index (χ2n) is 3.20. The fourth-order valence-corrected chi connectivity index (χ4v) is 3.00. The number of hydrogen-bond donors (Lipinski definition) is 1. The Balaban J connectivity index is 2.02. The van der Waals surface area contributed by atoms with E-state index in [1.165, 1.54) is 23.5 Å². The van der Waals surface area contributed by atoms with E-state index >= 15 is 0 Å². The van der Waals surface area contributed by atoms with E-state index in [9.17, 15) is 4.39 Å². The fraction of sp³-hybridized carbons (Fsp3) is 0.0909. The predicted octanol–water partition coefficient (Wildman–Crippen LogP) is 4.92. The average Bonchev–Trinajstić information content (AvgIpc) is 2.56. The fourth-order valence-electron chi connectivity index (χ4n) is 1.27. The van der Waals surface area contributed by atoms with Gasteiger partial charge in [-0.2, -0.15) is 0 Å². The zero-order chi connectivity index (χ0) is 11.5. The molecular formula is C11H8BrClFNS. The van der Waals surface area contributed by atoms with Crippen LogP contribution in [0.2, 0.25) is 4.34 Å². The summed E-state index contributed by atoms with van der Waals surface area (Å²) in [6, 6.07) is 8.34. The van der Waals surface area contributed by atoms with Gasteiger partial charge in [0.15, 0.2) is 0 Å². The molecule has 1 heterocycles. The van der Waals surface area contributed by atoms with Gasteiger partial charge >= 0.3 is 0 Å². The zero-order valence-electron chi connectivity index (χ0n) is 8.14. The highest BCUT2D eigenvalue weighted by Gasteiger charge is 2.04. The van der Waals surface area contributed by atoms with Crippen molar-refractivity contribution in [3.8, 4) is 0 Å². The van der Waals surface area contributed by atoms with Crippen LogP contribution in [0.1, 0.15) is 4.88 Å². The highest BCUT2D eigenvalue weighted by atomic mass is 79.9. The van der Waals surface area contributed by atoms with Crippen molar-refractivity contribution in [3.05, 3.63) is 49.8 Å². The van der Waals surface area contributed by atoms with E-state index in [1.54, 1.807) is 6.07 Å². The largest absolute Gasteiger partial charge is 0.380 e. The second kappa shape index (κ2) is 5.17. The highest BCUT2D eigenvalue weighted by Crippen LogP contribution is 2.32. The Kier molecular flexibility index (Phi) is 3.84. The quantitative estimate of drug-likeness (QED) is 0.847. The van der Waals surface area contributed by atoms with Gasteiger partial charge in [0.1, 0.15) is 10.2 Å². The van der Waals surface area contributed by atoms with Gasteiger partial charge in [-0.1, -0.05) is 17.7 Å². The predicted molar refractivity (Wildman–Crippen MR) is 70.8 cm³/mol. The summed E-state index contributed by atoms with van der Waals surface area (Å²) in [5, 5.41) is 3.13. The molecule has 0 saturated heterocycles. The maximum Gasteiger partial charge on any atom is 0.125 e. The molecule has 0 aliphatic carbocycles. The van der Waals surface area contributed by atoms with Crippen LogP contribution in [0.4, 0.5) is 10.1 Å². The van der Waals surface area contributed by atoms with Crippen LogP contribution in [0.5, 0.6) is 0 Å². The van der Waals surface area contributed by atoms with Gasteiger partial charge in [-0.25, -0.2) is 4.39 Å². The molecule has 1 aromatic heterocycles. The molecule has 1 aromatic carbocycles. The summed E-state index contributed by atoms with van der Waals surface area (Å²) in [5.41, 5.74) is 0.764. The summed E-state index contributed by atoms with van der Waals surface area (Å²) < 4.78 is 14.5. The van der Waals surface area contributed by atoms with E-state index in [0.717, 1.165) is 19.4 Å². The van der Waals surface area contributed by atoms with Gasteiger partial charge in [0, 0.05) is 21.6 Å². The maximum atomic E-state index is 12.9. The first-order valence-corrected chi connectivity index (χ1v) is 6.57. The molecule has 0 unspecified atom stereocenters. The zero-order valence-corrected chi connectivity index (χ0v) is 11.3. The van der Waals surface area contributed by atoms with E-state index in [4.69, 9.17) is 11.6 Å². The van der Waals surface area contributed by atoms with Crippen molar-refractivity contribution < 1.29 is 4.39 Å². The molecule has 2 aromatic rings. The summed E-state index contributed by atoms with van der Waals surface area (Å²) in [5.74, 6) is -0.240. The van der Waals surface area contributed by atoms with Crippen LogP contribution in [0.25, 0.3) is 0 Å². The lowest BCUT2D eigenvalue weighted by atomic mass is 10.3. The molecule has 0 fully saturated rings. The molecule has 0 aliphatic rings. The minimum Gasteiger partial charge on any atom is -0.380 e. The lowest BCUT2D eigenvalue weighted by Crippen LogP contribution is -1.97. The van der Waals surface area contributed by atoms with E-state index in [1.807, 2.05) is 12.1 Å². The van der Waals surface area contributed by atoms with Crippen LogP contribution in [-0.4, -0.2) is 0 Å². The Hall–Kier alpha value is -0.580. The topological polar surface area (TPSA) is 12.0 Å². The molecule has 0 amide bonds. The van der Waals surface area contributed by atoms with Gasteiger partial charge in [0.2, 0.25) is 0 Å². The van der Waals surface area contributed by atoms with Crippen molar-refractivity contribution in [2.75, 3.05) is 5.32 Å². The Bertz CT molecular complexity index is 481. The monoisotopic (exact) mass is 319 g/mol. The van der Waals surface area contributed by atoms with Crippen LogP contribution < -0.4 is 5.32 Å². The molecule has 1 nitrogen and oxygen atoms in total. The van der Waals surface area contributed by atoms with Crippen molar-refractivity contribution in [3.63, 3.8) is 0 Å². The average molecular weight is 321 g/mol. The van der Waals surface area contributed by atoms with E-state index in [2.05, 4.69) is 21.2 Å². The lowest BCUT2D eigenvalue weighted by Gasteiger charge is -2.03. The van der Waals surface area contributed by atoms with Crippen molar-refractivity contribution in [1.82, 2.24) is 0 Å². The number of thiophene rings is 1. The summed E-state index contributed by atoms with van der Waals surface area (Å²) >= 11 is 10.8. The molecule has 0 atom stereocenters. The van der Waals surface area contributed by atoms with Crippen LogP contribution in [0, 0.1) is 5.82 Å². The third-order valence-corrected chi connectivity index (χ3v) is 4.46. The van der Waals surface area contributed by atoms with Crippen LogP contribution in [-0.2, 0) is 6.54 Å². The Morgan fingerprint density at radius 1 is 1.38 bits per heavy atom. The smallest absolute Gasteiger partial charge is 0.125 e. The van der Waals surface area contributed by atoms with E-state index in [-0.39, 0.29) is 5.82 Å². The number of hydrogen-bond acceptors (Lipinski definition) is 2. The molecule has 0 spiro atoms. The second-order valence-corrected chi connectivity index (χ2v) is 5.79. The number of anilines is 1. The Labute approximate surface area is 110 Å². The minimum absolute atomic E-state index is 0.240. The van der Waals surface area contributed by atoms with Crippen LogP contribution in [0.15, 0.2) is 34.8 Å². The van der Waals surface area contributed by atoms with Crippen molar-refractivity contribution in [1.29, 1.82) is 0 Å². The van der Waals surface area contributed by atoms with Gasteiger partial charge < -0.3 is 5.32 Å². The molecule has 0 saturated carbocycles. The van der Waals surface area contributed by atoms with Crippen LogP contribution in [0.3, 0.4) is 0 Å². The van der Waals surface area contributed by atoms with Gasteiger partial charge in [-0.3, -0.25) is 0 Å². The molecule has 84 valence electrons. The molecule has 2 rings (SSSR count). The maximum absolute atomic E-state index is 12.9. The SMILES string of the molecule is Fc1cccc(NCc2cc(Br)c(Cl)s2)c1. The third-order valence-electron chi connectivity index (χ3n) is 1.99.